The lowest BCUT2D eigenvalue weighted by molar-refractivity contribution is 0.198. The molecule has 1 atom stereocenters. The number of phenolic OH excluding ortho intramolecular Hbond substituents is 1. The highest BCUT2D eigenvalue weighted by Crippen LogP contribution is 2.40. The van der Waals surface area contributed by atoms with E-state index < -0.39 is 0 Å². The number of halogens is 2. The van der Waals surface area contributed by atoms with Gasteiger partial charge in [-0.25, -0.2) is 0 Å². The van der Waals surface area contributed by atoms with Crippen molar-refractivity contribution in [2.45, 2.75) is 31.8 Å². The third-order valence-electron chi connectivity index (χ3n) is 5.53. The molecular formula is C23H25BrFNO2. The summed E-state index contributed by atoms with van der Waals surface area (Å²) in [5.74, 6) is 1.19. The Hall–Kier alpha value is -1.85. The average molecular weight is 446 g/mol. The fraction of sp³-hybridized carbons (Fsp3) is 0.391. The summed E-state index contributed by atoms with van der Waals surface area (Å²) < 4.78 is 19.7. The minimum Gasteiger partial charge on any atom is -0.508 e. The summed E-state index contributed by atoms with van der Waals surface area (Å²) >= 11 is 3.75. The van der Waals surface area contributed by atoms with Crippen molar-refractivity contribution < 1.29 is 14.2 Å². The van der Waals surface area contributed by atoms with Crippen molar-refractivity contribution in [3.8, 4) is 11.5 Å². The van der Waals surface area contributed by atoms with Crippen molar-refractivity contribution in [1.82, 2.24) is 4.90 Å². The van der Waals surface area contributed by atoms with Crippen LogP contribution >= 0.6 is 15.9 Å². The van der Waals surface area contributed by atoms with E-state index in [1.807, 2.05) is 24.3 Å². The Morgan fingerprint density at radius 2 is 1.96 bits per heavy atom. The second-order valence-corrected chi connectivity index (χ2v) is 8.47. The molecule has 1 N–H and O–H groups in total. The van der Waals surface area contributed by atoms with Gasteiger partial charge < -0.3 is 9.84 Å². The predicted molar refractivity (Wildman–Crippen MR) is 114 cm³/mol. The molecule has 0 aromatic heterocycles. The molecule has 2 aromatic rings. The van der Waals surface area contributed by atoms with Crippen molar-refractivity contribution >= 4 is 21.5 Å². The SMILES string of the molecule is Oc1ccc2c(c1)CCC(Br)=C2c1ccc(O[C@H]2CCN(CCCF)C2)cc1. The molecule has 28 heavy (non-hydrogen) atoms. The molecule has 0 bridgehead atoms. The van der Waals surface area contributed by atoms with Crippen LogP contribution in [0.4, 0.5) is 4.39 Å². The number of allylic oxidation sites excluding steroid dienone is 1. The number of benzene rings is 2. The predicted octanol–water partition coefficient (Wildman–Crippen LogP) is 5.31. The van der Waals surface area contributed by atoms with Crippen LogP contribution in [0.25, 0.3) is 5.57 Å². The molecule has 0 saturated carbocycles. The molecule has 1 aliphatic carbocycles. The van der Waals surface area contributed by atoms with Gasteiger partial charge in [-0.05, 0) is 72.2 Å². The molecule has 2 aromatic carbocycles. The number of aryl methyl sites for hydroxylation is 1. The summed E-state index contributed by atoms with van der Waals surface area (Å²) in [4.78, 5) is 2.27. The number of hydrogen-bond donors (Lipinski definition) is 1. The van der Waals surface area contributed by atoms with E-state index in [0.717, 1.165) is 50.2 Å². The quantitative estimate of drug-likeness (QED) is 0.653. The Morgan fingerprint density at radius 3 is 2.75 bits per heavy atom. The summed E-state index contributed by atoms with van der Waals surface area (Å²) in [5, 5.41) is 9.78. The van der Waals surface area contributed by atoms with Crippen molar-refractivity contribution in [2.24, 2.45) is 0 Å². The second-order valence-electron chi connectivity index (χ2n) is 7.52. The zero-order valence-electron chi connectivity index (χ0n) is 15.8. The fourth-order valence-electron chi connectivity index (χ4n) is 4.13. The zero-order chi connectivity index (χ0) is 19.5. The van der Waals surface area contributed by atoms with E-state index in [-0.39, 0.29) is 12.8 Å². The monoisotopic (exact) mass is 445 g/mol. The largest absolute Gasteiger partial charge is 0.508 e. The standard InChI is InChI=1S/C23H25BrFNO2/c24-22-9-4-17-14-18(27)5-8-21(17)23(22)16-2-6-19(7-3-16)28-20-10-13-26(15-20)12-1-11-25/h2-3,5-8,14,20,27H,1,4,9-13,15H2/t20-/m0/s1. The Morgan fingerprint density at radius 1 is 1.14 bits per heavy atom. The summed E-state index contributed by atoms with van der Waals surface area (Å²) in [5.41, 5.74) is 4.68. The van der Waals surface area contributed by atoms with Crippen LogP contribution in [0.5, 0.6) is 11.5 Å². The van der Waals surface area contributed by atoms with Crippen LogP contribution in [0, 0.1) is 0 Å². The first-order valence-corrected chi connectivity index (χ1v) is 10.7. The van der Waals surface area contributed by atoms with Gasteiger partial charge in [0, 0.05) is 24.1 Å². The lowest BCUT2D eigenvalue weighted by atomic mass is 9.87. The van der Waals surface area contributed by atoms with Crippen LogP contribution in [0.2, 0.25) is 0 Å². The Balaban J connectivity index is 1.47. The number of ether oxygens (including phenoxy) is 1. The zero-order valence-corrected chi connectivity index (χ0v) is 17.4. The molecule has 0 spiro atoms. The highest BCUT2D eigenvalue weighted by atomic mass is 79.9. The molecular weight excluding hydrogens is 421 g/mol. The van der Waals surface area contributed by atoms with Crippen LogP contribution in [0.15, 0.2) is 46.9 Å². The first-order chi connectivity index (χ1) is 13.6. The molecule has 0 radical (unpaired) electrons. The van der Waals surface area contributed by atoms with Crippen LogP contribution in [0.1, 0.15) is 36.0 Å². The molecule has 2 aliphatic rings. The Labute approximate surface area is 174 Å². The van der Waals surface area contributed by atoms with Crippen molar-refractivity contribution in [3.05, 3.63) is 63.6 Å². The van der Waals surface area contributed by atoms with Crippen LogP contribution in [0.3, 0.4) is 0 Å². The van der Waals surface area contributed by atoms with Crippen LogP contribution < -0.4 is 4.74 Å². The maximum absolute atomic E-state index is 12.3. The smallest absolute Gasteiger partial charge is 0.119 e. The number of likely N-dealkylation sites (tertiary alicyclic amines) is 1. The summed E-state index contributed by atoms with van der Waals surface area (Å²) in [7, 11) is 0. The average Bonchev–Trinajstić information content (AvgIpc) is 3.14. The molecule has 0 amide bonds. The summed E-state index contributed by atoms with van der Waals surface area (Å²) in [6.07, 6.45) is 3.62. The van der Waals surface area contributed by atoms with E-state index >= 15 is 0 Å². The fourth-order valence-corrected chi connectivity index (χ4v) is 4.77. The van der Waals surface area contributed by atoms with Gasteiger partial charge in [0.1, 0.15) is 17.6 Å². The van der Waals surface area contributed by atoms with Gasteiger partial charge in [-0.15, -0.1) is 0 Å². The van der Waals surface area contributed by atoms with Crippen molar-refractivity contribution in [3.63, 3.8) is 0 Å². The van der Waals surface area contributed by atoms with Gasteiger partial charge in [-0.2, -0.15) is 0 Å². The molecule has 1 saturated heterocycles. The van der Waals surface area contributed by atoms with Crippen molar-refractivity contribution in [2.75, 3.05) is 26.3 Å². The Bertz CT molecular complexity index is 865. The number of hydrogen-bond acceptors (Lipinski definition) is 3. The lowest BCUT2D eigenvalue weighted by Gasteiger charge is -2.22. The maximum Gasteiger partial charge on any atom is 0.119 e. The Kier molecular flexibility index (Phi) is 6.02. The van der Waals surface area contributed by atoms with Gasteiger partial charge in [0.15, 0.2) is 0 Å². The number of rotatable bonds is 6. The minimum atomic E-state index is -0.252. The van der Waals surface area contributed by atoms with E-state index in [9.17, 15) is 9.50 Å². The maximum atomic E-state index is 12.3. The number of fused-ring (bicyclic) bond motifs is 1. The first-order valence-electron chi connectivity index (χ1n) is 9.90. The molecule has 148 valence electrons. The summed E-state index contributed by atoms with van der Waals surface area (Å²) in [6, 6.07) is 13.9. The second kappa shape index (κ2) is 8.66. The van der Waals surface area contributed by atoms with E-state index in [2.05, 4.69) is 33.0 Å². The normalized spacial score (nSPS) is 19.7. The lowest BCUT2D eigenvalue weighted by Crippen LogP contribution is -2.26. The topological polar surface area (TPSA) is 32.7 Å². The number of phenols is 1. The number of nitrogens with zero attached hydrogens (tertiary/aromatic N) is 1. The van der Waals surface area contributed by atoms with E-state index in [1.165, 1.54) is 21.2 Å². The molecule has 3 nitrogen and oxygen atoms in total. The van der Waals surface area contributed by atoms with Gasteiger partial charge in [0.05, 0.1) is 6.67 Å². The van der Waals surface area contributed by atoms with E-state index in [0.29, 0.717) is 12.2 Å². The molecule has 1 heterocycles. The van der Waals surface area contributed by atoms with Gasteiger partial charge >= 0.3 is 0 Å². The van der Waals surface area contributed by atoms with Crippen molar-refractivity contribution in [1.29, 1.82) is 0 Å². The van der Waals surface area contributed by atoms with Gasteiger partial charge in [-0.3, -0.25) is 9.29 Å². The van der Waals surface area contributed by atoms with Crippen LogP contribution in [-0.4, -0.2) is 42.4 Å². The number of alkyl halides is 1. The molecule has 5 heteroatoms. The van der Waals surface area contributed by atoms with E-state index in [1.54, 1.807) is 6.07 Å². The molecule has 1 fully saturated rings. The van der Waals surface area contributed by atoms with Crippen LogP contribution in [-0.2, 0) is 6.42 Å². The number of aromatic hydroxyl groups is 1. The molecule has 0 unspecified atom stereocenters. The van der Waals surface area contributed by atoms with Gasteiger partial charge in [0.25, 0.3) is 0 Å². The highest BCUT2D eigenvalue weighted by Gasteiger charge is 2.24. The van der Waals surface area contributed by atoms with Gasteiger partial charge in [-0.1, -0.05) is 34.1 Å². The molecule has 4 rings (SSSR count). The molecule has 1 aliphatic heterocycles. The first kappa shape index (κ1) is 19.5. The summed E-state index contributed by atoms with van der Waals surface area (Å²) in [6.45, 7) is 2.41. The van der Waals surface area contributed by atoms with E-state index in [4.69, 9.17) is 4.74 Å². The van der Waals surface area contributed by atoms with Gasteiger partial charge in [0.2, 0.25) is 0 Å². The highest BCUT2D eigenvalue weighted by molar-refractivity contribution is 9.11. The third-order valence-corrected chi connectivity index (χ3v) is 6.32. The minimum absolute atomic E-state index is 0.176. The third kappa shape index (κ3) is 4.26.